The minimum atomic E-state index is 0.177. The zero-order valence-corrected chi connectivity index (χ0v) is 22.8. The minimum Gasteiger partial charge on any atom is -0.494 e. The van der Waals surface area contributed by atoms with Crippen LogP contribution in [0, 0.1) is 13.8 Å². The number of hydrogen-bond donors (Lipinski definition) is 2. The molecule has 1 aromatic carbocycles. The lowest BCUT2D eigenvalue weighted by Crippen LogP contribution is -2.11. The molecule has 0 amide bonds. The molecule has 196 valence electrons. The van der Waals surface area contributed by atoms with E-state index < -0.39 is 0 Å². The maximum atomic E-state index is 7.57. The fraction of sp³-hybridized carbons (Fsp3) is 0.346. The van der Waals surface area contributed by atoms with Gasteiger partial charge >= 0.3 is 0 Å². The Balaban J connectivity index is 0.00000121. The van der Waals surface area contributed by atoms with Gasteiger partial charge in [-0.05, 0) is 62.0 Å². The number of pyridine rings is 1. The summed E-state index contributed by atoms with van der Waals surface area (Å²) in [4.78, 5) is 13.2. The van der Waals surface area contributed by atoms with E-state index in [0.29, 0.717) is 35.4 Å². The van der Waals surface area contributed by atoms with Crippen molar-refractivity contribution >= 4 is 17.9 Å². The molecule has 1 unspecified atom stereocenters. The standard InChI is InChI=1S/C24H27N7O2S.C2H6O/c1-15-9-18(14-25-11-15)23-28-29-24(30-34-17(3)10-21-26-12-16(2)13-27-21)31(23)22-19(32-4)7-6-8-20(22)33-5;1-2-3/h6-9,11-14,17H,10H2,1-5H3,(H,29,30);3H,2H2,1H3. The van der Waals surface area contributed by atoms with E-state index in [1.807, 2.05) is 55.1 Å². The summed E-state index contributed by atoms with van der Waals surface area (Å²) in [5.41, 5.74) is 3.60. The number of aromatic nitrogens is 6. The largest absolute Gasteiger partial charge is 0.494 e. The molecule has 0 aliphatic carbocycles. The van der Waals surface area contributed by atoms with E-state index in [1.165, 1.54) is 11.9 Å². The van der Waals surface area contributed by atoms with Gasteiger partial charge in [-0.3, -0.25) is 14.3 Å². The van der Waals surface area contributed by atoms with E-state index >= 15 is 0 Å². The van der Waals surface area contributed by atoms with Crippen molar-refractivity contribution < 1.29 is 14.6 Å². The molecule has 4 rings (SSSR count). The molecule has 0 saturated carbocycles. The van der Waals surface area contributed by atoms with Gasteiger partial charge in [0.1, 0.15) is 23.0 Å². The quantitative estimate of drug-likeness (QED) is 0.305. The van der Waals surface area contributed by atoms with E-state index in [9.17, 15) is 0 Å². The van der Waals surface area contributed by atoms with Crippen molar-refractivity contribution in [2.45, 2.75) is 39.4 Å². The van der Waals surface area contributed by atoms with Gasteiger partial charge in [0.2, 0.25) is 5.95 Å². The van der Waals surface area contributed by atoms with Crippen LogP contribution in [-0.2, 0) is 6.42 Å². The third-order valence-corrected chi connectivity index (χ3v) is 5.95. The van der Waals surface area contributed by atoms with Crippen LogP contribution in [0.4, 0.5) is 5.95 Å². The Kier molecular flexibility index (Phi) is 10.2. The van der Waals surface area contributed by atoms with Gasteiger partial charge in [0.05, 0.1) is 14.2 Å². The number of nitrogens with zero attached hydrogens (tertiary/aromatic N) is 6. The predicted octanol–water partition coefficient (Wildman–Crippen LogP) is 4.44. The zero-order valence-electron chi connectivity index (χ0n) is 22.0. The summed E-state index contributed by atoms with van der Waals surface area (Å²) >= 11 is 1.53. The summed E-state index contributed by atoms with van der Waals surface area (Å²) in [7, 11) is 3.25. The van der Waals surface area contributed by atoms with Crippen molar-refractivity contribution in [1.29, 1.82) is 0 Å². The van der Waals surface area contributed by atoms with Gasteiger partial charge in [-0.2, -0.15) is 0 Å². The number of para-hydroxylation sites is 1. The van der Waals surface area contributed by atoms with Crippen LogP contribution in [0.2, 0.25) is 0 Å². The van der Waals surface area contributed by atoms with E-state index in [-0.39, 0.29) is 11.9 Å². The second kappa shape index (κ2) is 13.6. The van der Waals surface area contributed by atoms with Crippen LogP contribution < -0.4 is 14.2 Å². The lowest BCUT2D eigenvalue weighted by molar-refractivity contribution is 0.318. The average molecular weight is 524 g/mol. The lowest BCUT2D eigenvalue weighted by atomic mass is 10.2. The lowest BCUT2D eigenvalue weighted by Gasteiger charge is -2.18. The average Bonchev–Trinajstić information content (AvgIpc) is 3.32. The molecule has 11 heteroatoms. The molecule has 0 aliphatic rings. The molecule has 0 saturated heterocycles. The van der Waals surface area contributed by atoms with Gasteiger partial charge in [0.15, 0.2) is 5.82 Å². The van der Waals surface area contributed by atoms with E-state index in [2.05, 4.69) is 36.8 Å². The number of benzene rings is 1. The predicted molar refractivity (Wildman–Crippen MR) is 146 cm³/mol. The first kappa shape index (κ1) is 27.9. The highest BCUT2D eigenvalue weighted by atomic mass is 32.2. The Labute approximate surface area is 221 Å². The van der Waals surface area contributed by atoms with Crippen molar-refractivity contribution in [3.8, 4) is 28.6 Å². The summed E-state index contributed by atoms with van der Waals surface area (Å²) < 4.78 is 16.6. The molecular formula is C26H33N7O3S. The topological polar surface area (TPSA) is 120 Å². The Morgan fingerprint density at radius 1 is 1.00 bits per heavy atom. The third-order valence-electron chi connectivity index (χ3n) is 5.08. The Morgan fingerprint density at radius 3 is 2.24 bits per heavy atom. The highest BCUT2D eigenvalue weighted by molar-refractivity contribution is 8.01. The maximum absolute atomic E-state index is 7.57. The molecular weight excluding hydrogens is 490 g/mol. The Morgan fingerprint density at radius 2 is 1.65 bits per heavy atom. The SMILES string of the molecule is CCO.COc1cccc(OC)c1-n1c(NSC(C)Cc2ncc(C)cn2)nnc1-c1cncc(C)c1. The molecule has 4 aromatic rings. The van der Waals surface area contributed by atoms with Crippen LogP contribution in [0.25, 0.3) is 17.1 Å². The normalized spacial score (nSPS) is 11.3. The van der Waals surface area contributed by atoms with E-state index in [4.69, 9.17) is 14.6 Å². The molecule has 3 aromatic heterocycles. The first-order valence-corrected chi connectivity index (χ1v) is 12.7. The van der Waals surface area contributed by atoms with Crippen LogP contribution in [0.15, 0.2) is 49.1 Å². The number of hydrogen-bond acceptors (Lipinski definition) is 10. The highest BCUT2D eigenvalue weighted by Crippen LogP contribution is 2.38. The number of methoxy groups -OCH3 is 2. The number of ether oxygens (including phenoxy) is 2. The number of rotatable bonds is 9. The zero-order chi connectivity index (χ0) is 26.8. The number of aliphatic hydroxyl groups is 1. The van der Waals surface area contributed by atoms with Crippen molar-refractivity contribution in [1.82, 2.24) is 29.7 Å². The third kappa shape index (κ3) is 7.17. The summed E-state index contributed by atoms with van der Waals surface area (Å²) in [6.07, 6.45) is 7.94. The highest BCUT2D eigenvalue weighted by Gasteiger charge is 2.23. The van der Waals surface area contributed by atoms with Crippen LogP contribution in [0.1, 0.15) is 30.8 Å². The van der Waals surface area contributed by atoms with Crippen LogP contribution >= 0.6 is 11.9 Å². The molecule has 0 bridgehead atoms. The molecule has 37 heavy (non-hydrogen) atoms. The van der Waals surface area contributed by atoms with Crippen molar-refractivity contribution in [3.05, 3.63) is 66.0 Å². The van der Waals surface area contributed by atoms with E-state index in [1.54, 1.807) is 33.5 Å². The van der Waals surface area contributed by atoms with E-state index in [0.717, 1.165) is 22.5 Å². The first-order chi connectivity index (χ1) is 17.9. The number of aliphatic hydroxyl groups excluding tert-OH is 1. The summed E-state index contributed by atoms with van der Waals surface area (Å²) in [6, 6.07) is 7.66. The number of aryl methyl sites for hydroxylation is 2. The van der Waals surface area contributed by atoms with Gasteiger partial charge in [0.25, 0.3) is 0 Å². The van der Waals surface area contributed by atoms with Crippen molar-refractivity contribution in [2.75, 3.05) is 25.5 Å². The van der Waals surface area contributed by atoms with Gasteiger partial charge < -0.3 is 14.6 Å². The van der Waals surface area contributed by atoms with Gasteiger partial charge in [-0.15, -0.1) is 10.2 Å². The van der Waals surface area contributed by atoms with Crippen LogP contribution in [0.5, 0.6) is 11.5 Å². The molecule has 3 heterocycles. The van der Waals surface area contributed by atoms with Gasteiger partial charge in [-0.1, -0.05) is 13.0 Å². The minimum absolute atomic E-state index is 0.177. The van der Waals surface area contributed by atoms with Crippen molar-refractivity contribution in [3.63, 3.8) is 0 Å². The molecule has 2 N–H and O–H groups in total. The molecule has 0 spiro atoms. The van der Waals surface area contributed by atoms with Gasteiger partial charge in [0, 0.05) is 48.6 Å². The molecule has 10 nitrogen and oxygen atoms in total. The summed E-state index contributed by atoms with van der Waals surface area (Å²) in [5, 5.41) is 16.7. The number of nitrogens with one attached hydrogen (secondary N) is 1. The molecule has 1 atom stereocenters. The maximum Gasteiger partial charge on any atom is 0.239 e. The fourth-order valence-corrected chi connectivity index (χ4v) is 4.13. The van der Waals surface area contributed by atoms with Crippen molar-refractivity contribution in [2.24, 2.45) is 0 Å². The Hall–Kier alpha value is -3.70. The molecule has 0 aliphatic heterocycles. The first-order valence-electron chi connectivity index (χ1n) is 11.8. The second-order valence-electron chi connectivity index (χ2n) is 8.17. The second-order valence-corrected chi connectivity index (χ2v) is 9.42. The summed E-state index contributed by atoms with van der Waals surface area (Å²) in [5.74, 6) is 3.23. The fourth-order valence-electron chi connectivity index (χ4n) is 3.46. The monoisotopic (exact) mass is 523 g/mol. The smallest absolute Gasteiger partial charge is 0.239 e. The molecule has 0 fully saturated rings. The van der Waals surface area contributed by atoms with Crippen LogP contribution in [-0.4, -0.2) is 60.9 Å². The van der Waals surface area contributed by atoms with Gasteiger partial charge in [-0.25, -0.2) is 9.97 Å². The number of anilines is 1. The summed E-state index contributed by atoms with van der Waals surface area (Å²) in [6.45, 7) is 8.01. The molecule has 0 radical (unpaired) electrons. The Bertz CT molecular complexity index is 1260. The van der Waals surface area contributed by atoms with Crippen LogP contribution in [0.3, 0.4) is 0 Å².